The van der Waals surface area contributed by atoms with Gasteiger partial charge in [0.2, 0.25) is 0 Å². The number of halogens is 1. The van der Waals surface area contributed by atoms with E-state index >= 15 is 0 Å². The number of hydrogen-bond acceptors (Lipinski definition) is 2. The second kappa shape index (κ2) is 4.90. The fourth-order valence-electron chi connectivity index (χ4n) is 0.901. The molecular formula is C10H9FOS. The molecule has 0 aliphatic carbocycles. The van der Waals surface area contributed by atoms with Crippen molar-refractivity contribution in [1.29, 1.82) is 0 Å². The van der Waals surface area contributed by atoms with Crippen LogP contribution in [0.1, 0.15) is 11.1 Å². The van der Waals surface area contributed by atoms with E-state index in [2.05, 4.69) is 24.5 Å². The van der Waals surface area contributed by atoms with Gasteiger partial charge in [-0.25, -0.2) is 4.39 Å². The molecular weight excluding hydrogens is 187 g/mol. The zero-order valence-electron chi connectivity index (χ0n) is 6.92. The Morgan fingerprint density at radius 1 is 1.46 bits per heavy atom. The van der Waals surface area contributed by atoms with E-state index in [4.69, 9.17) is 5.11 Å². The van der Waals surface area contributed by atoms with Crippen LogP contribution in [0.15, 0.2) is 18.2 Å². The Hall–Kier alpha value is -0.980. The maximum atomic E-state index is 13.0. The number of rotatable bonds is 1. The summed E-state index contributed by atoms with van der Waals surface area (Å²) in [5.41, 5.74) is 0.963. The van der Waals surface area contributed by atoms with Crippen LogP contribution in [0.3, 0.4) is 0 Å². The number of aliphatic hydroxyl groups excluding tert-OH is 1. The number of thiol groups is 1. The fraction of sp³-hybridized carbons (Fsp3) is 0.200. The Bertz CT molecular complexity index is 352. The van der Waals surface area contributed by atoms with E-state index in [0.717, 1.165) is 0 Å². The summed E-state index contributed by atoms with van der Waals surface area (Å²) in [6.45, 7) is -0.101. The van der Waals surface area contributed by atoms with E-state index in [1.807, 2.05) is 0 Å². The third-order valence-corrected chi connectivity index (χ3v) is 1.67. The molecule has 0 atom stereocenters. The summed E-state index contributed by atoms with van der Waals surface area (Å²) in [6.07, 6.45) is 0. The van der Waals surface area contributed by atoms with Crippen molar-refractivity contribution in [3.8, 4) is 11.8 Å². The van der Waals surface area contributed by atoms with Gasteiger partial charge in [0.15, 0.2) is 0 Å². The van der Waals surface area contributed by atoms with E-state index < -0.39 is 0 Å². The smallest absolute Gasteiger partial charge is 0.138 e. The zero-order valence-corrected chi connectivity index (χ0v) is 7.81. The van der Waals surface area contributed by atoms with E-state index in [1.54, 1.807) is 0 Å². The minimum atomic E-state index is -0.369. The molecule has 1 nitrogen and oxygen atoms in total. The highest BCUT2D eigenvalue weighted by Gasteiger charge is 1.99. The minimum absolute atomic E-state index is 0.101. The molecule has 0 saturated carbocycles. The van der Waals surface area contributed by atoms with Gasteiger partial charge in [-0.3, -0.25) is 0 Å². The van der Waals surface area contributed by atoms with Crippen molar-refractivity contribution < 1.29 is 9.50 Å². The van der Waals surface area contributed by atoms with Gasteiger partial charge < -0.3 is 5.11 Å². The summed E-state index contributed by atoms with van der Waals surface area (Å²) in [4.78, 5) is 0. The van der Waals surface area contributed by atoms with Gasteiger partial charge in [0.1, 0.15) is 5.82 Å². The Morgan fingerprint density at radius 3 is 2.85 bits per heavy atom. The van der Waals surface area contributed by atoms with Crippen LogP contribution in [-0.4, -0.2) is 10.9 Å². The van der Waals surface area contributed by atoms with Crippen molar-refractivity contribution in [3.05, 3.63) is 35.1 Å². The molecule has 1 rings (SSSR count). The number of benzene rings is 1. The first-order chi connectivity index (χ1) is 6.27. The van der Waals surface area contributed by atoms with Gasteiger partial charge in [0.05, 0.1) is 17.9 Å². The Balaban J connectivity index is 3.04. The minimum Gasteiger partial charge on any atom is -0.392 e. The molecule has 1 aromatic carbocycles. The third-order valence-electron chi connectivity index (χ3n) is 1.52. The first kappa shape index (κ1) is 10.1. The van der Waals surface area contributed by atoms with E-state index in [-0.39, 0.29) is 12.4 Å². The molecule has 0 aliphatic heterocycles. The van der Waals surface area contributed by atoms with Gasteiger partial charge in [-0.15, -0.1) is 0 Å². The van der Waals surface area contributed by atoms with Gasteiger partial charge >= 0.3 is 0 Å². The first-order valence-electron chi connectivity index (χ1n) is 3.77. The molecule has 0 radical (unpaired) electrons. The van der Waals surface area contributed by atoms with Gasteiger partial charge in [0.25, 0.3) is 0 Å². The van der Waals surface area contributed by atoms with Gasteiger partial charge in [-0.1, -0.05) is 17.9 Å². The van der Waals surface area contributed by atoms with Crippen LogP contribution < -0.4 is 0 Å². The molecule has 1 N–H and O–H groups in total. The molecule has 0 aliphatic rings. The molecule has 0 bridgehead atoms. The quantitative estimate of drug-likeness (QED) is 0.516. The van der Waals surface area contributed by atoms with Crippen molar-refractivity contribution in [2.75, 3.05) is 5.75 Å². The monoisotopic (exact) mass is 196 g/mol. The summed E-state index contributed by atoms with van der Waals surface area (Å²) in [6, 6.07) is 4.36. The lowest BCUT2D eigenvalue weighted by Crippen LogP contribution is -1.88. The standard InChI is InChI=1S/C10H9FOS/c11-10-4-3-8(7-12)6-9(10)2-1-5-13/h3-4,6,12-13H,5,7H2. The number of aliphatic hydroxyl groups is 1. The summed E-state index contributed by atoms with van der Waals surface area (Å²) < 4.78 is 13.0. The van der Waals surface area contributed by atoms with Crippen molar-refractivity contribution in [2.45, 2.75) is 6.61 Å². The second-order valence-electron chi connectivity index (χ2n) is 2.43. The summed E-state index contributed by atoms with van der Waals surface area (Å²) in [5, 5.41) is 8.79. The molecule has 0 saturated heterocycles. The Kier molecular flexibility index (Phi) is 3.81. The molecule has 0 heterocycles. The van der Waals surface area contributed by atoms with Gasteiger partial charge in [-0.05, 0) is 17.7 Å². The van der Waals surface area contributed by atoms with Gasteiger partial charge in [0, 0.05) is 0 Å². The maximum Gasteiger partial charge on any atom is 0.138 e. The second-order valence-corrected chi connectivity index (χ2v) is 2.75. The summed E-state index contributed by atoms with van der Waals surface area (Å²) in [7, 11) is 0. The molecule has 1 aromatic rings. The highest BCUT2D eigenvalue weighted by molar-refractivity contribution is 7.80. The Labute approximate surface area is 82.0 Å². The topological polar surface area (TPSA) is 20.2 Å². The molecule has 3 heteroatoms. The summed E-state index contributed by atoms with van der Waals surface area (Å²) >= 11 is 3.89. The highest BCUT2D eigenvalue weighted by atomic mass is 32.1. The third kappa shape index (κ3) is 2.76. The molecule has 13 heavy (non-hydrogen) atoms. The van der Waals surface area contributed by atoms with E-state index in [0.29, 0.717) is 16.9 Å². The first-order valence-corrected chi connectivity index (χ1v) is 4.40. The lowest BCUT2D eigenvalue weighted by molar-refractivity contribution is 0.281. The maximum absolute atomic E-state index is 13.0. The lowest BCUT2D eigenvalue weighted by Gasteiger charge is -1.97. The van der Waals surface area contributed by atoms with E-state index in [1.165, 1.54) is 18.2 Å². The Morgan fingerprint density at radius 2 is 2.23 bits per heavy atom. The van der Waals surface area contributed by atoms with E-state index in [9.17, 15) is 4.39 Å². The predicted molar refractivity (Wildman–Crippen MR) is 53.1 cm³/mol. The molecule has 0 aromatic heterocycles. The number of hydrogen-bond donors (Lipinski definition) is 2. The van der Waals surface area contributed by atoms with Crippen LogP contribution in [0.4, 0.5) is 4.39 Å². The molecule has 0 amide bonds. The van der Waals surface area contributed by atoms with Crippen LogP contribution in [0.25, 0.3) is 0 Å². The van der Waals surface area contributed by atoms with Gasteiger partial charge in [-0.2, -0.15) is 12.6 Å². The average Bonchev–Trinajstić information content (AvgIpc) is 2.17. The van der Waals surface area contributed by atoms with Crippen molar-refractivity contribution in [3.63, 3.8) is 0 Å². The lowest BCUT2D eigenvalue weighted by atomic mass is 10.1. The molecule has 68 valence electrons. The molecule has 0 spiro atoms. The normalized spacial score (nSPS) is 9.15. The fourth-order valence-corrected chi connectivity index (χ4v) is 0.980. The van der Waals surface area contributed by atoms with Crippen LogP contribution >= 0.6 is 12.6 Å². The summed E-state index contributed by atoms with van der Waals surface area (Å²) in [5.74, 6) is 5.30. The predicted octanol–water partition coefficient (Wildman–Crippen LogP) is 1.60. The highest BCUT2D eigenvalue weighted by Crippen LogP contribution is 2.09. The average molecular weight is 196 g/mol. The van der Waals surface area contributed by atoms with Crippen molar-refractivity contribution in [1.82, 2.24) is 0 Å². The van der Waals surface area contributed by atoms with Crippen molar-refractivity contribution >= 4 is 12.6 Å². The zero-order chi connectivity index (χ0) is 9.68. The van der Waals surface area contributed by atoms with Crippen LogP contribution in [0.5, 0.6) is 0 Å². The van der Waals surface area contributed by atoms with Crippen LogP contribution in [0, 0.1) is 17.7 Å². The van der Waals surface area contributed by atoms with Crippen molar-refractivity contribution in [2.24, 2.45) is 0 Å². The van der Waals surface area contributed by atoms with Crippen LogP contribution in [0.2, 0.25) is 0 Å². The molecule has 0 unspecified atom stereocenters. The molecule has 0 fully saturated rings. The van der Waals surface area contributed by atoms with Crippen LogP contribution in [-0.2, 0) is 6.61 Å². The largest absolute Gasteiger partial charge is 0.392 e. The SMILES string of the molecule is OCc1ccc(F)c(C#CCS)c1.